The van der Waals surface area contributed by atoms with Gasteiger partial charge < -0.3 is 10.1 Å². The molecule has 2 atom stereocenters. The standard InChI is InChI=1S/C21H22N2O5/c24-18(22-15-9-8-13-4-3-5-14(13)10-15)12-28-19(25)11-23-20(26)16-6-1-2-7-17(16)21(23)27/h1-2,8-10,16-17H,3-7,11-12H2,(H,22,24)/t16-,17-/m1/s1. The van der Waals surface area contributed by atoms with Crippen LogP contribution in [0.15, 0.2) is 30.4 Å². The predicted molar refractivity (Wildman–Crippen MR) is 100 cm³/mol. The van der Waals surface area contributed by atoms with Gasteiger partial charge in [-0.25, -0.2) is 0 Å². The van der Waals surface area contributed by atoms with Gasteiger partial charge in [-0.05, 0) is 55.4 Å². The Hall–Kier alpha value is -2.96. The number of amides is 3. The Morgan fingerprint density at radius 2 is 1.71 bits per heavy atom. The fourth-order valence-corrected chi connectivity index (χ4v) is 4.19. The van der Waals surface area contributed by atoms with Crippen LogP contribution in [0.2, 0.25) is 0 Å². The highest BCUT2D eigenvalue weighted by Crippen LogP contribution is 2.34. The second kappa shape index (κ2) is 7.58. The van der Waals surface area contributed by atoms with E-state index in [1.807, 2.05) is 30.4 Å². The predicted octanol–water partition coefficient (Wildman–Crippen LogP) is 1.61. The molecule has 0 saturated carbocycles. The number of aryl methyl sites for hydroxylation is 2. The number of imide groups is 1. The molecular formula is C21H22N2O5. The number of benzene rings is 1. The summed E-state index contributed by atoms with van der Waals surface area (Å²) in [6.45, 7) is -0.905. The van der Waals surface area contributed by atoms with Gasteiger partial charge in [0.25, 0.3) is 5.91 Å². The van der Waals surface area contributed by atoms with E-state index in [9.17, 15) is 19.2 Å². The maximum atomic E-state index is 12.3. The smallest absolute Gasteiger partial charge is 0.326 e. The summed E-state index contributed by atoms with van der Waals surface area (Å²) >= 11 is 0. The molecular weight excluding hydrogens is 360 g/mol. The molecule has 4 rings (SSSR count). The van der Waals surface area contributed by atoms with Gasteiger partial charge in [-0.3, -0.25) is 24.1 Å². The van der Waals surface area contributed by atoms with Crippen LogP contribution in [-0.4, -0.2) is 41.7 Å². The van der Waals surface area contributed by atoms with E-state index >= 15 is 0 Å². The van der Waals surface area contributed by atoms with E-state index in [1.165, 1.54) is 11.1 Å². The molecule has 7 heteroatoms. The number of esters is 1. The van der Waals surface area contributed by atoms with Gasteiger partial charge in [0.2, 0.25) is 11.8 Å². The average molecular weight is 382 g/mol. The fraction of sp³-hybridized carbons (Fsp3) is 0.429. The first-order valence-corrected chi connectivity index (χ1v) is 9.60. The van der Waals surface area contributed by atoms with Gasteiger partial charge in [-0.1, -0.05) is 18.2 Å². The summed E-state index contributed by atoms with van der Waals surface area (Å²) in [4.78, 5) is 49.7. The lowest BCUT2D eigenvalue weighted by molar-refractivity contribution is -0.154. The normalized spacial score (nSPS) is 22.8. The highest BCUT2D eigenvalue weighted by Gasteiger charge is 2.47. The maximum Gasteiger partial charge on any atom is 0.326 e. The van der Waals surface area contributed by atoms with E-state index in [1.54, 1.807) is 0 Å². The number of nitrogens with one attached hydrogen (secondary N) is 1. The molecule has 1 fully saturated rings. The Balaban J connectivity index is 1.27. The number of likely N-dealkylation sites (tertiary alicyclic amines) is 1. The summed E-state index contributed by atoms with van der Waals surface area (Å²) in [5.74, 6) is -2.65. The molecule has 0 radical (unpaired) electrons. The van der Waals surface area contributed by atoms with Gasteiger partial charge in [0.05, 0.1) is 11.8 Å². The quantitative estimate of drug-likeness (QED) is 0.474. The highest BCUT2D eigenvalue weighted by molar-refractivity contribution is 6.07. The molecule has 1 aliphatic heterocycles. The van der Waals surface area contributed by atoms with Crippen LogP contribution in [0.25, 0.3) is 0 Å². The van der Waals surface area contributed by atoms with Crippen LogP contribution in [0.5, 0.6) is 0 Å². The van der Waals surface area contributed by atoms with Gasteiger partial charge in [0.15, 0.2) is 6.61 Å². The van der Waals surface area contributed by atoms with Crippen LogP contribution in [0, 0.1) is 11.8 Å². The van der Waals surface area contributed by atoms with Crippen molar-refractivity contribution >= 4 is 29.4 Å². The van der Waals surface area contributed by atoms with Crippen molar-refractivity contribution in [2.75, 3.05) is 18.5 Å². The number of allylic oxidation sites excluding steroid dienone is 2. The molecule has 2 aliphatic carbocycles. The number of carbonyl (C=O) groups excluding carboxylic acids is 4. The lowest BCUT2D eigenvalue weighted by Crippen LogP contribution is -2.37. The number of hydrogen-bond acceptors (Lipinski definition) is 5. The minimum absolute atomic E-state index is 0.334. The van der Waals surface area contributed by atoms with Crippen LogP contribution >= 0.6 is 0 Å². The van der Waals surface area contributed by atoms with Gasteiger partial charge in [-0.15, -0.1) is 0 Å². The third-order valence-corrected chi connectivity index (χ3v) is 5.63. The topological polar surface area (TPSA) is 92.8 Å². The number of anilines is 1. The molecule has 146 valence electrons. The molecule has 0 aromatic heterocycles. The second-order valence-electron chi connectivity index (χ2n) is 7.46. The number of carbonyl (C=O) groups is 4. The van der Waals surface area contributed by atoms with Crippen LogP contribution in [0.4, 0.5) is 5.69 Å². The van der Waals surface area contributed by atoms with Crippen LogP contribution in [0.1, 0.15) is 30.4 Å². The first-order valence-electron chi connectivity index (χ1n) is 9.60. The van der Waals surface area contributed by atoms with E-state index in [4.69, 9.17) is 4.74 Å². The van der Waals surface area contributed by atoms with Crippen molar-refractivity contribution in [2.24, 2.45) is 11.8 Å². The minimum atomic E-state index is -0.766. The third-order valence-electron chi connectivity index (χ3n) is 5.63. The Morgan fingerprint density at radius 1 is 1.04 bits per heavy atom. The van der Waals surface area contributed by atoms with Crippen molar-refractivity contribution < 1.29 is 23.9 Å². The highest BCUT2D eigenvalue weighted by atomic mass is 16.5. The van der Waals surface area contributed by atoms with E-state index in [-0.39, 0.29) is 23.7 Å². The van der Waals surface area contributed by atoms with Crippen molar-refractivity contribution in [3.63, 3.8) is 0 Å². The van der Waals surface area contributed by atoms with Crippen LogP contribution in [0.3, 0.4) is 0 Å². The van der Waals surface area contributed by atoms with E-state index < -0.39 is 25.0 Å². The maximum absolute atomic E-state index is 12.3. The summed E-state index contributed by atoms with van der Waals surface area (Å²) in [7, 11) is 0. The van der Waals surface area contributed by atoms with Crippen LogP contribution < -0.4 is 5.32 Å². The number of nitrogens with zero attached hydrogens (tertiary/aromatic N) is 1. The molecule has 3 amide bonds. The summed E-state index contributed by atoms with van der Waals surface area (Å²) in [6.07, 6.45) is 8.00. The lowest BCUT2D eigenvalue weighted by Gasteiger charge is -2.14. The van der Waals surface area contributed by atoms with Gasteiger partial charge in [-0.2, -0.15) is 0 Å². The van der Waals surface area contributed by atoms with Gasteiger partial charge in [0, 0.05) is 5.69 Å². The molecule has 1 saturated heterocycles. The van der Waals surface area contributed by atoms with E-state index in [0.29, 0.717) is 18.5 Å². The number of rotatable bonds is 5. The molecule has 1 heterocycles. The lowest BCUT2D eigenvalue weighted by atomic mass is 9.85. The first kappa shape index (κ1) is 18.4. The Labute approximate surface area is 162 Å². The summed E-state index contributed by atoms with van der Waals surface area (Å²) in [5.41, 5.74) is 3.21. The zero-order valence-electron chi connectivity index (χ0n) is 15.5. The van der Waals surface area contributed by atoms with E-state index in [0.717, 1.165) is 24.2 Å². The molecule has 0 spiro atoms. The summed E-state index contributed by atoms with van der Waals surface area (Å²) < 4.78 is 4.97. The number of ether oxygens (including phenoxy) is 1. The monoisotopic (exact) mass is 382 g/mol. The molecule has 1 aromatic carbocycles. The zero-order valence-corrected chi connectivity index (χ0v) is 15.5. The third kappa shape index (κ3) is 3.56. The summed E-state index contributed by atoms with van der Waals surface area (Å²) in [5, 5.41) is 2.71. The number of fused-ring (bicyclic) bond motifs is 2. The molecule has 0 unspecified atom stereocenters. The van der Waals surface area contributed by atoms with Crippen molar-refractivity contribution in [2.45, 2.75) is 32.1 Å². The Morgan fingerprint density at radius 3 is 2.43 bits per heavy atom. The SMILES string of the molecule is O=C(COC(=O)CN1C(=O)[C@@H]2CC=CC[C@H]2C1=O)Nc1ccc2c(c1)CCC2. The minimum Gasteiger partial charge on any atom is -0.454 e. The zero-order chi connectivity index (χ0) is 19.7. The molecule has 0 bridgehead atoms. The Kier molecular flexibility index (Phi) is 4.98. The van der Waals surface area contributed by atoms with Gasteiger partial charge in [0.1, 0.15) is 6.54 Å². The van der Waals surface area contributed by atoms with Crippen molar-refractivity contribution in [3.8, 4) is 0 Å². The summed E-state index contributed by atoms with van der Waals surface area (Å²) in [6, 6.07) is 5.78. The number of hydrogen-bond donors (Lipinski definition) is 1. The second-order valence-corrected chi connectivity index (χ2v) is 7.46. The largest absolute Gasteiger partial charge is 0.454 e. The van der Waals surface area contributed by atoms with Crippen LogP contribution in [-0.2, 0) is 36.8 Å². The fourth-order valence-electron chi connectivity index (χ4n) is 4.19. The first-order chi connectivity index (χ1) is 13.5. The molecule has 1 N–H and O–H groups in total. The molecule has 3 aliphatic rings. The van der Waals surface area contributed by atoms with E-state index in [2.05, 4.69) is 5.32 Å². The molecule has 1 aromatic rings. The van der Waals surface area contributed by atoms with Crippen molar-refractivity contribution in [1.82, 2.24) is 4.90 Å². The molecule has 28 heavy (non-hydrogen) atoms. The molecule has 7 nitrogen and oxygen atoms in total. The average Bonchev–Trinajstić information content (AvgIpc) is 3.25. The van der Waals surface area contributed by atoms with Crippen molar-refractivity contribution in [3.05, 3.63) is 41.5 Å². The Bertz CT molecular complexity index is 850. The van der Waals surface area contributed by atoms with Gasteiger partial charge >= 0.3 is 5.97 Å². The van der Waals surface area contributed by atoms with Crippen molar-refractivity contribution in [1.29, 1.82) is 0 Å².